The lowest BCUT2D eigenvalue weighted by Crippen LogP contribution is -2.47. The van der Waals surface area contributed by atoms with Crippen LogP contribution in [0.15, 0.2) is 24.5 Å². The Morgan fingerprint density at radius 1 is 1.39 bits per heavy atom. The Morgan fingerprint density at radius 2 is 2.09 bits per heavy atom. The van der Waals surface area contributed by atoms with Crippen LogP contribution < -0.4 is 11.1 Å². The maximum absolute atomic E-state index is 12.7. The fourth-order valence-electron chi connectivity index (χ4n) is 3.40. The van der Waals surface area contributed by atoms with Crippen LogP contribution in [0.1, 0.15) is 35.3 Å². The molecule has 0 radical (unpaired) electrons. The molecular formula is C15H15F3N4O. The van der Waals surface area contributed by atoms with Gasteiger partial charge in [-0.3, -0.25) is 4.79 Å². The minimum Gasteiger partial charge on any atom is -0.349 e. The van der Waals surface area contributed by atoms with Crippen LogP contribution in [-0.2, 0) is 6.18 Å². The molecular weight excluding hydrogens is 309 g/mol. The van der Waals surface area contributed by atoms with E-state index >= 15 is 0 Å². The highest BCUT2D eigenvalue weighted by Gasteiger charge is 2.60. The van der Waals surface area contributed by atoms with E-state index in [1.807, 2.05) is 0 Å². The Bertz CT molecular complexity index is 792. The number of carbonyl (C=O) groups excluding carboxylic acids is 1. The van der Waals surface area contributed by atoms with Gasteiger partial charge in [0.1, 0.15) is 5.65 Å². The van der Waals surface area contributed by atoms with Crippen molar-refractivity contribution in [3.63, 3.8) is 0 Å². The zero-order valence-electron chi connectivity index (χ0n) is 12.1. The van der Waals surface area contributed by atoms with Gasteiger partial charge < -0.3 is 15.5 Å². The highest BCUT2D eigenvalue weighted by molar-refractivity contribution is 5.95. The molecule has 0 aliphatic heterocycles. The number of nitrogens with one attached hydrogen (secondary N) is 1. The number of alkyl halides is 3. The van der Waals surface area contributed by atoms with Gasteiger partial charge in [-0.2, -0.15) is 13.2 Å². The van der Waals surface area contributed by atoms with Gasteiger partial charge in [-0.15, -0.1) is 0 Å². The first-order valence-electron chi connectivity index (χ1n) is 7.39. The smallest absolute Gasteiger partial charge is 0.349 e. The first-order chi connectivity index (χ1) is 10.8. The molecule has 2 saturated carbocycles. The topological polar surface area (TPSA) is 72.4 Å². The maximum atomic E-state index is 12.7. The number of imidazole rings is 1. The molecule has 2 aromatic rings. The number of hydrogen-bond donors (Lipinski definition) is 2. The molecule has 0 saturated heterocycles. The molecule has 8 heteroatoms. The number of carbonyl (C=O) groups is 1. The Labute approximate surface area is 129 Å². The van der Waals surface area contributed by atoms with Crippen molar-refractivity contribution in [3.8, 4) is 0 Å². The third-order valence-electron chi connectivity index (χ3n) is 4.91. The van der Waals surface area contributed by atoms with E-state index in [9.17, 15) is 18.0 Å². The molecule has 2 aliphatic rings. The molecule has 122 valence electrons. The van der Waals surface area contributed by atoms with Crippen molar-refractivity contribution in [2.75, 3.05) is 0 Å². The molecule has 5 nitrogen and oxygen atoms in total. The summed E-state index contributed by atoms with van der Waals surface area (Å²) < 4.78 is 39.2. The van der Waals surface area contributed by atoms with E-state index in [2.05, 4.69) is 10.3 Å². The highest BCUT2D eigenvalue weighted by Crippen LogP contribution is 2.59. The second-order valence-corrected chi connectivity index (χ2v) is 6.56. The van der Waals surface area contributed by atoms with Gasteiger partial charge in [-0.25, -0.2) is 4.98 Å². The number of pyridine rings is 1. The fourth-order valence-corrected chi connectivity index (χ4v) is 3.40. The summed E-state index contributed by atoms with van der Waals surface area (Å²) in [6.07, 6.45) is 0.581. The molecule has 4 rings (SSSR count). The predicted molar refractivity (Wildman–Crippen MR) is 75.7 cm³/mol. The molecule has 1 spiro atoms. The first kappa shape index (κ1) is 14.5. The summed E-state index contributed by atoms with van der Waals surface area (Å²) in [5, 5.41) is 2.90. The van der Waals surface area contributed by atoms with Crippen LogP contribution in [0.25, 0.3) is 5.65 Å². The molecule has 1 amide bonds. The van der Waals surface area contributed by atoms with Crippen LogP contribution in [0.2, 0.25) is 0 Å². The van der Waals surface area contributed by atoms with Crippen LogP contribution in [0, 0.1) is 5.41 Å². The Morgan fingerprint density at radius 3 is 2.70 bits per heavy atom. The molecule has 0 bridgehead atoms. The summed E-state index contributed by atoms with van der Waals surface area (Å²) in [5.74, 6) is -0.293. The molecule has 2 fully saturated rings. The lowest BCUT2D eigenvalue weighted by atomic mass is 9.76. The summed E-state index contributed by atoms with van der Waals surface area (Å²) in [6, 6.07) is 3.19. The number of aromatic nitrogens is 2. The van der Waals surface area contributed by atoms with E-state index in [0.29, 0.717) is 5.56 Å². The minimum absolute atomic E-state index is 0.0951. The number of nitrogens with zero attached hydrogens (tertiary/aromatic N) is 2. The second-order valence-electron chi connectivity index (χ2n) is 6.56. The Kier molecular flexibility index (Phi) is 2.82. The van der Waals surface area contributed by atoms with E-state index in [-0.39, 0.29) is 29.1 Å². The van der Waals surface area contributed by atoms with Crippen molar-refractivity contribution in [2.45, 2.75) is 37.5 Å². The van der Waals surface area contributed by atoms with Crippen molar-refractivity contribution < 1.29 is 18.0 Å². The van der Waals surface area contributed by atoms with Gasteiger partial charge in [-0.05, 0) is 36.8 Å². The summed E-state index contributed by atoms with van der Waals surface area (Å²) in [4.78, 5) is 15.7. The monoisotopic (exact) mass is 324 g/mol. The quantitative estimate of drug-likeness (QED) is 0.887. The second kappa shape index (κ2) is 4.47. The Hall–Kier alpha value is -2.09. The number of rotatable bonds is 2. The summed E-state index contributed by atoms with van der Waals surface area (Å²) in [5.41, 5.74) is 5.51. The van der Waals surface area contributed by atoms with Crippen molar-refractivity contribution >= 4 is 11.6 Å². The molecule has 2 heterocycles. The first-order valence-corrected chi connectivity index (χ1v) is 7.39. The van der Waals surface area contributed by atoms with E-state index in [1.165, 1.54) is 22.7 Å². The van der Waals surface area contributed by atoms with Gasteiger partial charge in [-0.1, -0.05) is 0 Å². The predicted octanol–water partition coefficient (Wildman–Crippen LogP) is 1.96. The van der Waals surface area contributed by atoms with Crippen molar-refractivity contribution in [1.29, 1.82) is 0 Å². The van der Waals surface area contributed by atoms with Crippen LogP contribution in [0.3, 0.4) is 0 Å². The zero-order chi connectivity index (χ0) is 16.4. The van der Waals surface area contributed by atoms with Crippen molar-refractivity contribution in [1.82, 2.24) is 14.7 Å². The molecule has 2 aliphatic carbocycles. The van der Waals surface area contributed by atoms with Gasteiger partial charge in [0.05, 0.1) is 0 Å². The van der Waals surface area contributed by atoms with E-state index in [0.717, 1.165) is 25.5 Å². The molecule has 1 atom stereocenters. The number of hydrogen-bond acceptors (Lipinski definition) is 3. The normalized spacial score (nSPS) is 29.6. The standard InChI is InChI=1S/C15H15F3N4O/c16-15(17,18)11-7-22-2-1-8(3-12(22)21-11)13(23)20-9-4-14(5-9)6-10(14)19/h1-3,7,9-10H,4-6,19H2,(H,20,23). The number of nitrogens with two attached hydrogens (primary N) is 1. The third kappa shape index (κ3) is 2.37. The van der Waals surface area contributed by atoms with Gasteiger partial charge in [0.2, 0.25) is 0 Å². The van der Waals surface area contributed by atoms with E-state index in [4.69, 9.17) is 5.73 Å². The van der Waals surface area contributed by atoms with Crippen LogP contribution in [-0.4, -0.2) is 27.4 Å². The number of amides is 1. The largest absolute Gasteiger partial charge is 0.434 e. The lowest BCUT2D eigenvalue weighted by molar-refractivity contribution is -0.140. The highest BCUT2D eigenvalue weighted by atomic mass is 19.4. The van der Waals surface area contributed by atoms with Crippen molar-refractivity contribution in [3.05, 3.63) is 35.8 Å². The summed E-state index contributed by atoms with van der Waals surface area (Å²) in [7, 11) is 0. The van der Waals surface area contributed by atoms with Crippen LogP contribution >= 0.6 is 0 Å². The maximum Gasteiger partial charge on any atom is 0.434 e. The van der Waals surface area contributed by atoms with Crippen molar-refractivity contribution in [2.24, 2.45) is 11.1 Å². The van der Waals surface area contributed by atoms with Crippen LogP contribution in [0.4, 0.5) is 13.2 Å². The van der Waals surface area contributed by atoms with Gasteiger partial charge in [0.25, 0.3) is 5.91 Å². The molecule has 23 heavy (non-hydrogen) atoms. The van der Waals surface area contributed by atoms with Gasteiger partial charge in [0.15, 0.2) is 5.69 Å². The Balaban J connectivity index is 1.49. The summed E-state index contributed by atoms with van der Waals surface area (Å²) >= 11 is 0. The third-order valence-corrected chi connectivity index (χ3v) is 4.91. The van der Waals surface area contributed by atoms with Crippen LogP contribution in [0.5, 0.6) is 0 Å². The van der Waals surface area contributed by atoms with Gasteiger partial charge >= 0.3 is 6.18 Å². The molecule has 2 aromatic heterocycles. The molecule has 3 N–H and O–H groups in total. The van der Waals surface area contributed by atoms with E-state index < -0.39 is 11.9 Å². The average molecular weight is 324 g/mol. The average Bonchev–Trinajstić information content (AvgIpc) is 2.93. The zero-order valence-corrected chi connectivity index (χ0v) is 12.1. The number of fused-ring (bicyclic) bond motifs is 1. The SMILES string of the molecule is NC1CC12CC(NC(=O)c1ccn3cc(C(F)(F)F)nc3c1)C2. The lowest BCUT2D eigenvalue weighted by Gasteiger charge is -2.37. The fraction of sp³-hybridized carbons (Fsp3) is 0.467. The molecule has 1 unspecified atom stereocenters. The molecule has 0 aromatic carbocycles. The summed E-state index contributed by atoms with van der Waals surface area (Å²) in [6.45, 7) is 0. The van der Waals surface area contributed by atoms with E-state index in [1.54, 1.807) is 0 Å². The van der Waals surface area contributed by atoms with Gasteiger partial charge in [0, 0.05) is 30.0 Å². The number of halogens is 3. The minimum atomic E-state index is -4.50.